The van der Waals surface area contributed by atoms with E-state index in [4.69, 9.17) is 4.74 Å². The molecule has 0 aliphatic heterocycles. The fraction of sp³-hybridized carbons (Fsp3) is 0.368. The molecule has 2 aromatic heterocycles. The minimum absolute atomic E-state index is 0.0823. The van der Waals surface area contributed by atoms with Crippen molar-refractivity contribution in [1.29, 1.82) is 0 Å². The van der Waals surface area contributed by atoms with E-state index in [-0.39, 0.29) is 11.5 Å². The zero-order valence-corrected chi connectivity index (χ0v) is 16.4. The Hall–Kier alpha value is -2.58. The molecule has 1 amide bonds. The lowest BCUT2D eigenvalue weighted by molar-refractivity contribution is 0.102. The number of ether oxygens (including phenoxy) is 1. The van der Waals surface area contributed by atoms with E-state index in [1.165, 1.54) is 11.3 Å². The van der Waals surface area contributed by atoms with Crippen molar-refractivity contribution in [2.75, 3.05) is 12.4 Å². The molecule has 0 aliphatic rings. The molecule has 0 aliphatic carbocycles. The van der Waals surface area contributed by atoms with Crippen molar-refractivity contribution < 1.29 is 9.53 Å². The van der Waals surface area contributed by atoms with Gasteiger partial charge < -0.3 is 9.30 Å². The van der Waals surface area contributed by atoms with Crippen LogP contribution in [0.3, 0.4) is 0 Å². The van der Waals surface area contributed by atoms with Crippen LogP contribution < -0.4 is 10.9 Å². The maximum Gasteiger partial charge on any atom is 0.259 e. The van der Waals surface area contributed by atoms with Crippen LogP contribution >= 0.6 is 11.3 Å². The number of hydrogen-bond acceptors (Lipinski definition) is 6. The Morgan fingerprint density at radius 1 is 1.26 bits per heavy atom. The van der Waals surface area contributed by atoms with Crippen LogP contribution in [0.5, 0.6) is 0 Å². The molecule has 8 heteroatoms. The number of amides is 1. The molecule has 1 aromatic carbocycles. The predicted molar refractivity (Wildman–Crippen MR) is 106 cm³/mol. The van der Waals surface area contributed by atoms with Crippen molar-refractivity contribution in [3.63, 3.8) is 0 Å². The van der Waals surface area contributed by atoms with Crippen LogP contribution in [0.15, 0.2) is 35.3 Å². The minimum Gasteiger partial charge on any atom is -0.377 e. The van der Waals surface area contributed by atoms with E-state index in [2.05, 4.69) is 29.4 Å². The molecular formula is C19H22N4O3S. The van der Waals surface area contributed by atoms with Crippen LogP contribution in [0.2, 0.25) is 0 Å². The lowest BCUT2D eigenvalue weighted by Gasteiger charge is -2.13. The zero-order valence-electron chi connectivity index (χ0n) is 15.6. The SMILES string of the molecule is COCc1nnc(NC(=O)c2cn(CCC(C)C)c(=O)c3ccccc23)s1. The van der Waals surface area contributed by atoms with E-state index < -0.39 is 0 Å². The number of methoxy groups -OCH3 is 1. The standard InChI is InChI=1S/C19H22N4O3S/c1-12(2)8-9-23-10-15(13-6-4-5-7-14(13)18(23)25)17(24)20-19-22-21-16(27-19)11-26-3/h4-7,10,12H,8-9,11H2,1-3H3,(H,20,22,24). The highest BCUT2D eigenvalue weighted by Gasteiger charge is 2.16. The molecule has 0 saturated heterocycles. The number of carbonyl (C=O) groups excluding carboxylic acids is 1. The van der Waals surface area contributed by atoms with Gasteiger partial charge in [-0.1, -0.05) is 43.4 Å². The highest BCUT2D eigenvalue weighted by molar-refractivity contribution is 7.15. The molecule has 0 unspecified atom stereocenters. The molecule has 0 bridgehead atoms. The van der Waals surface area contributed by atoms with Crippen molar-refractivity contribution in [3.8, 4) is 0 Å². The first-order valence-corrected chi connectivity index (χ1v) is 9.56. The summed E-state index contributed by atoms with van der Waals surface area (Å²) in [5.74, 6) is 0.144. The molecule has 142 valence electrons. The van der Waals surface area contributed by atoms with Gasteiger partial charge in [0.1, 0.15) is 11.6 Å². The van der Waals surface area contributed by atoms with Gasteiger partial charge in [-0.2, -0.15) is 0 Å². The van der Waals surface area contributed by atoms with Gasteiger partial charge in [0.15, 0.2) is 0 Å². The maximum absolute atomic E-state index is 12.9. The van der Waals surface area contributed by atoms with Gasteiger partial charge in [-0.3, -0.25) is 14.9 Å². The van der Waals surface area contributed by atoms with Crippen LogP contribution in [-0.2, 0) is 17.9 Å². The van der Waals surface area contributed by atoms with Gasteiger partial charge in [-0.05, 0) is 18.4 Å². The smallest absolute Gasteiger partial charge is 0.259 e. The lowest BCUT2D eigenvalue weighted by Crippen LogP contribution is -2.24. The summed E-state index contributed by atoms with van der Waals surface area (Å²) in [5, 5.41) is 13.0. The minimum atomic E-state index is -0.315. The largest absolute Gasteiger partial charge is 0.377 e. The molecule has 3 rings (SSSR count). The molecule has 1 N–H and O–H groups in total. The van der Waals surface area contributed by atoms with E-state index in [1.54, 1.807) is 36.1 Å². The molecule has 0 radical (unpaired) electrons. The summed E-state index contributed by atoms with van der Waals surface area (Å²) in [6, 6.07) is 7.16. The summed E-state index contributed by atoms with van der Waals surface area (Å²) in [4.78, 5) is 25.6. The number of rotatable bonds is 7. The predicted octanol–water partition coefficient (Wildman–Crippen LogP) is 3.30. The number of fused-ring (bicyclic) bond motifs is 1. The Bertz CT molecular complexity index is 1010. The number of hydrogen-bond donors (Lipinski definition) is 1. The van der Waals surface area contributed by atoms with Crippen LogP contribution in [0.4, 0.5) is 5.13 Å². The van der Waals surface area contributed by atoms with Crippen molar-refractivity contribution in [2.24, 2.45) is 5.92 Å². The fourth-order valence-corrected chi connectivity index (χ4v) is 3.44. The van der Waals surface area contributed by atoms with Crippen molar-refractivity contribution in [1.82, 2.24) is 14.8 Å². The van der Waals surface area contributed by atoms with Gasteiger partial charge in [-0.15, -0.1) is 10.2 Å². The average Bonchev–Trinajstić information content (AvgIpc) is 3.08. The Labute approximate surface area is 161 Å². The molecule has 0 atom stereocenters. The third-order valence-corrected chi connectivity index (χ3v) is 4.95. The van der Waals surface area contributed by atoms with Crippen LogP contribution in [0.25, 0.3) is 10.8 Å². The fourth-order valence-electron chi connectivity index (χ4n) is 2.74. The molecule has 0 fully saturated rings. The molecule has 2 heterocycles. The molecule has 0 saturated carbocycles. The highest BCUT2D eigenvalue weighted by atomic mass is 32.1. The number of pyridine rings is 1. The molecule has 7 nitrogen and oxygen atoms in total. The van der Waals surface area contributed by atoms with Crippen molar-refractivity contribution in [2.45, 2.75) is 33.4 Å². The summed E-state index contributed by atoms with van der Waals surface area (Å²) in [6.07, 6.45) is 2.50. The summed E-state index contributed by atoms with van der Waals surface area (Å²) in [7, 11) is 1.58. The third kappa shape index (κ3) is 4.40. The second kappa shape index (κ2) is 8.41. The number of nitrogens with one attached hydrogen (secondary N) is 1. The molecular weight excluding hydrogens is 364 g/mol. The Kier molecular flexibility index (Phi) is 5.98. The topological polar surface area (TPSA) is 86.1 Å². The van der Waals surface area contributed by atoms with Gasteiger partial charge in [0.05, 0.1) is 5.56 Å². The normalized spacial score (nSPS) is 11.3. The number of benzene rings is 1. The van der Waals surface area contributed by atoms with Gasteiger partial charge in [-0.25, -0.2) is 0 Å². The van der Waals surface area contributed by atoms with E-state index in [1.807, 2.05) is 6.07 Å². The quantitative estimate of drug-likeness (QED) is 0.673. The van der Waals surface area contributed by atoms with E-state index >= 15 is 0 Å². The molecule has 3 aromatic rings. The maximum atomic E-state index is 12.9. The van der Waals surface area contributed by atoms with E-state index in [9.17, 15) is 9.59 Å². The van der Waals surface area contributed by atoms with Crippen LogP contribution in [0.1, 0.15) is 35.6 Å². The van der Waals surface area contributed by atoms with Crippen molar-refractivity contribution in [3.05, 3.63) is 51.4 Å². The zero-order chi connectivity index (χ0) is 19.4. The number of aryl methyl sites for hydroxylation is 1. The highest BCUT2D eigenvalue weighted by Crippen LogP contribution is 2.20. The van der Waals surface area contributed by atoms with Crippen LogP contribution in [0, 0.1) is 5.92 Å². The molecule has 27 heavy (non-hydrogen) atoms. The number of nitrogens with zero attached hydrogens (tertiary/aromatic N) is 3. The first-order chi connectivity index (χ1) is 13.0. The summed E-state index contributed by atoms with van der Waals surface area (Å²) in [5.41, 5.74) is 0.360. The Morgan fingerprint density at radius 3 is 2.70 bits per heavy atom. The van der Waals surface area contributed by atoms with Gasteiger partial charge in [0, 0.05) is 30.6 Å². The van der Waals surface area contributed by atoms with Crippen molar-refractivity contribution >= 4 is 33.1 Å². The van der Waals surface area contributed by atoms with E-state index in [0.717, 1.165) is 6.42 Å². The number of aromatic nitrogens is 3. The van der Waals surface area contributed by atoms with E-state index in [0.29, 0.717) is 45.5 Å². The summed E-state index contributed by atoms with van der Waals surface area (Å²) < 4.78 is 6.64. The Morgan fingerprint density at radius 2 is 2.00 bits per heavy atom. The Balaban J connectivity index is 1.97. The number of carbonyl (C=O) groups is 1. The van der Waals surface area contributed by atoms with Crippen LogP contribution in [-0.4, -0.2) is 27.8 Å². The van der Waals surface area contributed by atoms with Gasteiger partial charge >= 0.3 is 0 Å². The molecule has 0 spiro atoms. The third-order valence-electron chi connectivity index (χ3n) is 4.14. The average molecular weight is 386 g/mol. The summed E-state index contributed by atoms with van der Waals surface area (Å²) >= 11 is 1.26. The first-order valence-electron chi connectivity index (χ1n) is 8.74. The number of anilines is 1. The first kappa shape index (κ1) is 19.2. The lowest BCUT2D eigenvalue weighted by atomic mass is 10.1. The second-order valence-corrected chi connectivity index (χ2v) is 7.72. The van der Waals surface area contributed by atoms with Gasteiger partial charge in [0.2, 0.25) is 5.13 Å². The second-order valence-electron chi connectivity index (χ2n) is 6.66. The summed E-state index contributed by atoms with van der Waals surface area (Å²) in [6.45, 7) is 5.12. The monoisotopic (exact) mass is 386 g/mol. The van der Waals surface area contributed by atoms with Gasteiger partial charge in [0.25, 0.3) is 11.5 Å².